The van der Waals surface area contributed by atoms with Crippen LogP contribution in [0.2, 0.25) is 0 Å². The number of thiol groups is 1. The first kappa shape index (κ1) is 13.7. The van der Waals surface area contributed by atoms with Crippen molar-refractivity contribution in [1.29, 1.82) is 0 Å². The zero-order valence-corrected chi connectivity index (χ0v) is 13.1. The van der Waals surface area contributed by atoms with E-state index in [1.54, 1.807) is 6.26 Å². The molecule has 5 heteroatoms. The average Bonchev–Trinajstić information content (AvgIpc) is 3.17. The second kappa shape index (κ2) is 5.35. The maximum absolute atomic E-state index is 5.50. The Morgan fingerprint density at radius 2 is 1.86 bits per heavy atom. The van der Waals surface area contributed by atoms with Crippen molar-refractivity contribution < 1.29 is 4.42 Å². The van der Waals surface area contributed by atoms with Gasteiger partial charge in [-0.05, 0) is 29.4 Å². The van der Waals surface area contributed by atoms with Gasteiger partial charge in [0.2, 0.25) is 5.88 Å². The van der Waals surface area contributed by atoms with Crippen molar-refractivity contribution in [2.75, 3.05) is 12.1 Å². The van der Waals surface area contributed by atoms with Gasteiger partial charge >= 0.3 is 0 Å². The highest BCUT2D eigenvalue weighted by Gasteiger charge is 2.37. The molecule has 4 rings (SSSR count). The first-order chi connectivity index (χ1) is 10.8. The van der Waals surface area contributed by atoms with Crippen molar-refractivity contribution in [3.05, 3.63) is 66.4 Å². The van der Waals surface area contributed by atoms with E-state index in [9.17, 15) is 0 Å². The number of hydrazine groups is 1. The van der Waals surface area contributed by atoms with Crippen molar-refractivity contribution in [2.24, 2.45) is 0 Å². The Kier molecular flexibility index (Phi) is 3.33. The van der Waals surface area contributed by atoms with Gasteiger partial charge in [-0.1, -0.05) is 42.5 Å². The van der Waals surface area contributed by atoms with Crippen LogP contribution in [0.15, 0.2) is 65.3 Å². The molecule has 0 aliphatic carbocycles. The van der Waals surface area contributed by atoms with Crippen LogP contribution in [0.1, 0.15) is 11.7 Å². The van der Waals surface area contributed by atoms with Crippen LogP contribution in [0.4, 0.5) is 5.88 Å². The van der Waals surface area contributed by atoms with Crippen LogP contribution < -0.4 is 10.4 Å². The quantitative estimate of drug-likeness (QED) is 0.708. The lowest BCUT2D eigenvalue weighted by Gasteiger charge is -2.22. The summed E-state index contributed by atoms with van der Waals surface area (Å²) in [6.07, 6.45) is 1.71. The molecule has 22 heavy (non-hydrogen) atoms. The average molecular weight is 311 g/mol. The van der Waals surface area contributed by atoms with E-state index in [4.69, 9.17) is 17.0 Å². The molecule has 0 spiro atoms. The molecule has 1 fully saturated rings. The van der Waals surface area contributed by atoms with Crippen molar-refractivity contribution in [1.82, 2.24) is 10.3 Å². The summed E-state index contributed by atoms with van der Waals surface area (Å²) in [5, 5.41) is 4.42. The van der Waals surface area contributed by atoms with E-state index in [1.165, 1.54) is 16.3 Å². The van der Waals surface area contributed by atoms with Gasteiger partial charge in [-0.25, -0.2) is 10.4 Å². The Balaban J connectivity index is 1.76. The van der Waals surface area contributed by atoms with Gasteiger partial charge in [-0.2, -0.15) is 0 Å². The summed E-state index contributed by atoms with van der Waals surface area (Å²) in [5.74, 6) is 0.759. The molecule has 1 aliphatic heterocycles. The second-order valence-corrected chi connectivity index (χ2v) is 5.90. The third kappa shape index (κ3) is 2.09. The van der Waals surface area contributed by atoms with Crippen molar-refractivity contribution in [3.8, 4) is 0 Å². The van der Waals surface area contributed by atoms with Gasteiger partial charge in [0.15, 0.2) is 0 Å². The number of nitrogens with one attached hydrogen (secondary N) is 1. The van der Waals surface area contributed by atoms with E-state index in [2.05, 4.69) is 59.8 Å². The molecule has 1 aliphatic rings. The third-order valence-electron chi connectivity index (χ3n) is 4.13. The van der Waals surface area contributed by atoms with E-state index in [0.29, 0.717) is 0 Å². The molecule has 1 saturated heterocycles. The molecule has 0 bridgehead atoms. The normalized spacial score (nSPS) is 22.5. The monoisotopic (exact) mass is 311 g/mol. The summed E-state index contributed by atoms with van der Waals surface area (Å²) in [4.78, 5) is 2.17. The van der Waals surface area contributed by atoms with E-state index < -0.39 is 0 Å². The summed E-state index contributed by atoms with van der Waals surface area (Å²) < 4.78 is 5.50. The van der Waals surface area contributed by atoms with E-state index in [0.717, 1.165) is 5.88 Å². The number of fused-ring (bicyclic) bond motifs is 1. The van der Waals surface area contributed by atoms with Gasteiger partial charge in [0, 0.05) is 6.07 Å². The lowest BCUT2D eigenvalue weighted by molar-refractivity contribution is 0.288. The number of benzene rings is 2. The minimum atomic E-state index is -0.102. The van der Waals surface area contributed by atoms with Crippen LogP contribution in [-0.4, -0.2) is 17.4 Å². The molecular formula is C17H17N3OS. The number of anilines is 1. The second-order valence-electron chi connectivity index (χ2n) is 5.43. The number of nitrogens with zero attached hydrogens (tertiary/aromatic N) is 2. The van der Waals surface area contributed by atoms with Crippen molar-refractivity contribution in [3.63, 3.8) is 0 Å². The lowest BCUT2D eigenvalue weighted by Crippen LogP contribution is -2.36. The van der Waals surface area contributed by atoms with Crippen LogP contribution in [-0.2, 0) is 0 Å². The standard InChI is InChI=1S/C17H17N3OS/c1-19-16(18-20(17(19)22)15-10-5-11-21-15)14-9-4-7-12-6-2-3-8-13(12)14/h2-11,16-18,22H,1H3. The molecule has 0 radical (unpaired) electrons. The zero-order chi connectivity index (χ0) is 15.1. The zero-order valence-electron chi connectivity index (χ0n) is 12.2. The summed E-state index contributed by atoms with van der Waals surface area (Å²) in [7, 11) is 2.06. The fourth-order valence-electron chi connectivity index (χ4n) is 2.97. The molecule has 112 valence electrons. The van der Waals surface area contributed by atoms with Crippen molar-refractivity contribution in [2.45, 2.75) is 11.7 Å². The Morgan fingerprint density at radius 3 is 2.68 bits per heavy atom. The van der Waals surface area contributed by atoms with Crippen LogP contribution in [0.5, 0.6) is 0 Å². The predicted molar refractivity (Wildman–Crippen MR) is 91.5 cm³/mol. The maximum atomic E-state index is 5.50. The first-order valence-corrected chi connectivity index (χ1v) is 7.74. The van der Waals surface area contributed by atoms with Crippen LogP contribution in [0.3, 0.4) is 0 Å². The highest BCUT2D eigenvalue weighted by atomic mass is 32.1. The Morgan fingerprint density at radius 1 is 1.05 bits per heavy atom. The Labute approximate surface area is 134 Å². The van der Waals surface area contributed by atoms with Gasteiger partial charge < -0.3 is 4.42 Å². The number of furan rings is 1. The highest BCUT2D eigenvalue weighted by Crippen LogP contribution is 2.35. The van der Waals surface area contributed by atoms with Gasteiger partial charge in [0.1, 0.15) is 11.7 Å². The fourth-order valence-corrected chi connectivity index (χ4v) is 3.28. The van der Waals surface area contributed by atoms with Gasteiger partial charge in [-0.15, -0.1) is 12.6 Å². The lowest BCUT2D eigenvalue weighted by atomic mass is 10.0. The van der Waals surface area contributed by atoms with Gasteiger partial charge in [-0.3, -0.25) is 4.90 Å². The molecule has 1 N–H and O–H groups in total. The molecular weight excluding hydrogens is 294 g/mol. The van der Waals surface area contributed by atoms with E-state index >= 15 is 0 Å². The first-order valence-electron chi connectivity index (χ1n) is 7.22. The fraction of sp³-hybridized carbons (Fsp3) is 0.176. The molecule has 2 unspecified atom stereocenters. The molecule has 4 nitrogen and oxygen atoms in total. The topological polar surface area (TPSA) is 31.6 Å². The molecule has 2 heterocycles. The molecule has 3 aromatic rings. The summed E-state index contributed by atoms with van der Waals surface area (Å²) in [6, 6.07) is 18.6. The van der Waals surface area contributed by atoms with Crippen LogP contribution >= 0.6 is 12.6 Å². The van der Waals surface area contributed by atoms with Crippen LogP contribution in [0, 0.1) is 0 Å². The minimum absolute atomic E-state index is 0.0405. The summed E-state index contributed by atoms with van der Waals surface area (Å²) in [6.45, 7) is 0. The maximum Gasteiger partial charge on any atom is 0.211 e. The van der Waals surface area contributed by atoms with Crippen LogP contribution in [0.25, 0.3) is 10.8 Å². The largest absolute Gasteiger partial charge is 0.447 e. The van der Waals surface area contributed by atoms with E-state index in [1.807, 2.05) is 17.1 Å². The van der Waals surface area contributed by atoms with Gasteiger partial charge in [0.25, 0.3) is 0 Å². The van der Waals surface area contributed by atoms with Gasteiger partial charge in [0.05, 0.1) is 6.26 Å². The number of hydrogen-bond donors (Lipinski definition) is 2. The molecule has 2 aromatic carbocycles. The SMILES string of the molecule is CN1C(c2cccc3ccccc23)NN(c2ccco2)C1S. The minimum Gasteiger partial charge on any atom is -0.447 e. The third-order valence-corrected chi connectivity index (χ3v) is 4.72. The number of hydrogen-bond acceptors (Lipinski definition) is 5. The van der Waals surface area contributed by atoms with Crippen molar-refractivity contribution >= 4 is 29.3 Å². The Hall–Kier alpha value is -1.95. The summed E-state index contributed by atoms with van der Waals surface area (Å²) in [5.41, 5.74) is 4.62. The van der Waals surface area contributed by atoms with E-state index in [-0.39, 0.29) is 11.7 Å². The smallest absolute Gasteiger partial charge is 0.211 e. The molecule has 0 saturated carbocycles. The predicted octanol–water partition coefficient (Wildman–Crippen LogP) is 3.60. The molecule has 1 aromatic heterocycles. The summed E-state index contributed by atoms with van der Waals surface area (Å²) >= 11 is 4.70. The molecule has 2 atom stereocenters. The molecule has 0 amide bonds. The number of rotatable bonds is 2. The Bertz CT molecular complexity index is 784. The highest BCUT2D eigenvalue weighted by molar-refractivity contribution is 7.81.